The second-order valence-corrected chi connectivity index (χ2v) is 6.07. The zero-order valence-corrected chi connectivity index (χ0v) is 14.7. The molecule has 0 fully saturated rings. The molecule has 0 aliphatic rings. The van der Waals surface area contributed by atoms with Crippen molar-refractivity contribution >= 4 is 23.8 Å². The monoisotopic (exact) mass is 349 g/mol. The second-order valence-electron chi connectivity index (χ2n) is 6.07. The maximum Gasteiger partial charge on any atom is 0.326 e. The number of ether oxygens (including phenoxy) is 1. The van der Waals surface area contributed by atoms with Gasteiger partial charge < -0.3 is 15.8 Å². The summed E-state index contributed by atoms with van der Waals surface area (Å²) < 4.78 is 5.03. The zero-order chi connectivity index (χ0) is 19.1. The first kappa shape index (κ1) is 20.1. The molecule has 1 aromatic carbocycles. The summed E-state index contributed by atoms with van der Waals surface area (Å²) in [5, 5.41) is 4.31. The molecule has 0 heterocycles. The molecule has 0 saturated carbocycles. The van der Waals surface area contributed by atoms with E-state index < -0.39 is 36.5 Å². The third kappa shape index (κ3) is 6.62. The molecule has 1 unspecified atom stereocenters. The molecule has 136 valence electrons. The lowest BCUT2D eigenvalue weighted by atomic mass is 10.1. The van der Waals surface area contributed by atoms with Gasteiger partial charge in [-0.05, 0) is 31.9 Å². The Hall–Kier alpha value is -2.90. The zero-order valence-electron chi connectivity index (χ0n) is 14.7. The molecule has 1 atom stereocenters. The molecule has 0 aliphatic carbocycles. The Morgan fingerprint density at radius 1 is 1.08 bits per heavy atom. The fourth-order valence-electron chi connectivity index (χ4n) is 2.23. The first-order valence-corrected chi connectivity index (χ1v) is 7.76. The number of imide groups is 1. The van der Waals surface area contributed by atoms with Crippen molar-refractivity contribution in [3.05, 3.63) is 34.9 Å². The van der Waals surface area contributed by atoms with Gasteiger partial charge in [0.1, 0.15) is 6.54 Å². The van der Waals surface area contributed by atoms with Gasteiger partial charge in [0.2, 0.25) is 0 Å². The largest absolute Gasteiger partial charge is 0.451 e. The van der Waals surface area contributed by atoms with E-state index in [1.165, 1.54) is 0 Å². The maximum absolute atomic E-state index is 12.1. The first-order valence-electron chi connectivity index (χ1n) is 7.76. The van der Waals surface area contributed by atoms with Crippen LogP contribution < -0.4 is 16.4 Å². The van der Waals surface area contributed by atoms with Gasteiger partial charge >= 0.3 is 12.0 Å². The molecule has 0 aliphatic heterocycles. The Labute approximate surface area is 146 Å². The number of carbonyl (C=O) groups excluding carboxylic acids is 4. The molecular formula is C17H23N3O5. The van der Waals surface area contributed by atoms with Gasteiger partial charge in [-0.1, -0.05) is 31.0 Å². The number of esters is 1. The fraction of sp³-hybridized carbons (Fsp3) is 0.412. The highest BCUT2D eigenvalue weighted by Gasteiger charge is 2.27. The number of aryl methyl sites for hydroxylation is 2. The van der Waals surface area contributed by atoms with Crippen molar-refractivity contribution < 1.29 is 23.9 Å². The van der Waals surface area contributed by atoms with E-state index in [4.69, 9.17) is 10.5 Å². The van der Waals surface area contributed by atoms with Gasteiger partial charge in [-0.3, -0.25) is 19.7 Å². The number of nitrogens with one attached hydrogen (secondary N) is 2. The summed E-state index contributed by atoms with van der Waals surface area (Å²) in [5.74, 6) is -2.41. The number of rotatable bonds is 6. The van der Waals surface area contributed by atoms with E-state index in [1.807, 2.05) is 25.2 Å². The Bertz CT molecular complexity index is 665. The molecule has 0 radical (unpaired) electrons. The summed E-state index contributed by atoms with van der Waals surface area (Å²) in [5.41, 5.74) is 7.16. The molecule has 1 rings (SSSR count). The number of primary amides is 1. The lowest BCUT2D eigenvalue weighted by molar-refractivity contribution is -0.157. The molecule has 0 saturated heterocycles. The molecule has 8 heteroatoms. The van der Waals surface area contributed by atoms with Gasteiger partial charge in [-0.2, -0.15) is 0 Å². The number of hydrogen-bond acceptors (Lipinski definition) is 5. The molecule has 4 N–H and O–H groups in total. The molecule has 1 aromatic rings. The number of benzene rings is 1. The average Bonchev–Trinajstić information content (AvgIpc) is 2.48. The number of urea groups is 1. The normalized spacial score (nSPS) is 11.6. The number of amides is 4. The third-order valence-electron chi connectivity index (χ3n) is 3.25. The molecule has 0 spiro atoms. The quantitative estimate of drug-likeness (QED) is 0.654. The highest BCUT2D eigenvalue weighted by atomic mass is 16.5. The van der Waals surface area contributed by atoms with Crippen LogP contribution in [0.3, 0.4) is 0 Å². The van der Waals surface area contributed by atoms with E-state index >= 15 is 0 Å². The predicted octanol–water partition coefficient (Wildman–Crippen LogP) is 0.796. The standard InChI is InChI=1S/C17H23N3O5/c1-9(2)14(16(23)20-17(18)24)25-13(21)8-19-15(22)12-6-10(3)5-11(4)7-12/h5-7,9,14H,8H2,1-4H3,(H,19,22)(H3,18,20,23,24). The number of hydrogen-bond donors (Lipinski definition) is 3. The van der Waals surface area contributed by atoms with Gasteiger partial charge in [0.25, 0.3) is 11.8 Å². The second kappa shape index (κ2) is 8.81. The predicted molar refractivity (Wildman–Crippen MR) is 90.7 cm³/mol. The average molecular weight is 349 g/mol. The van der Waals surface area contributed by atoms with E-state index in [0.29, 0.717) is 5.56 Å². The third-order valence-corrected chi connectivity index (χ3v) is 3.25. The summed E-state index contributed by atoms with van der Waals surface area (Å²) >= 11 is 0. The van der Waals surface area contributed by atoms with Gasteiger partial charge in [-0.15, -0.1) is 0 Å². The van der Waals surface area contributed by atoms with E-state index in [2.05, 4.69) is 5.32 Å². The van der Waals surface area contributed by atoms with Crippen LogP contribution in [0, 0.1) is 19.8 Å². The minimum Gasteiger partial charge on any atom is -0.451 e. The first-order chi connectivity index (χ1) is 11.6. The van der Waals surface area contributed by atoms with Gasteiger partial charge in [0.05, 0.1) is 0 Å². The van der Waals surface area contributed by atoms with E-state index in [-0.39, 0.29) is 5.92 Å². The molecule has 0 bridgehead atoms. The van der Waals surface area contributed by atoms with Gasteiger partial charge in [0.15, 0.2) is 6.10 Å². The van der Waals surface area contributed by atoms with Gasteiger partial charge in [-0.25, -0.2) is 4.79 Å². The summed E-state index contributed by atoms with van der Waals surface area (Å²) in [4.78, 5) is 46.5. The molecule has 0 aromatic heterocycles. The Kier molecular flexibility index (Phi) is 7.10. The van der Waals surface area contributed by atoms with Crippen molar-refractivity contribution in [3.8, 4) is 0 Å². The minimum absolute atomic E-state index is 0.376. The fourth-order valence-corrected chi connectivity index (χ4v) is 2.23. The Morgan fingerprint density at radius 3 is 2.12 bits per heavy atom. The van der Waals surface area contributed by atoms with Crippen molar-refractivity contribution in [1.82, 2.24) is 10.6 Å². The van der Waals surface area contributed by atoms with Crippen molar-refractivity contribution in [2.45, 2.75) is 33.8 Å². The SMILES string of the molecule is Cc1cc(C)cc(C(=O)NCC(=O)OC(C(=O)NC(N)=O)C(C)C)c1. The van der Waals surface area contributed by atoms with Crippen LogP contribution in [0.15, 0.2) is 18.2 Å². The van der Waals surface area contributed by atoms with Crippen LogP contribution in [0.4, 0.5) is 4.79 Å². The highest BCUT2D eigenvalue weighted by molar-refractivity contribution is 5.98. The van der Waals surface area contributed by atoms with Crippen LogP contribution in [0.1, 0.15) is 35.3 Å². The summed E-state index contributed by atoms with van der Waals surface area (Å²) in [6.07, 6.45) is -1.18. The van der Waals surface area contributed by atoms with Crippen molar-refractivity contribution in [1.29, 1.82) is 0 Å². The lowest BCUT2D eigenvalue weighted by Gasteiger charge is -2.19. The topological polar surface area (TPSA) is 128 Å². The van der Waals surface area contributed by atoms with Crippen molar-refractivity contribution in [2.24, 2.45) is 11.7 Å². The summed E-state index contributed by atoms with van der Waals surface area (Å²) in [6.45, 7) is 6.61. The number of nitrogens with two attached hydrogens (primary N) is 1. The molecular weight excluding hydrogens is 326 g/mol. The van der Waals surface area contributed by atoms with Crippen LogP contribution in [0.25, 0.3) is 0 Å². The minimum atomic E-state index is -1.18. The smallest absolute Gasteiger partial charge is 0.326 e. The lowest BCUT2D eigenvalue weighted by Crippen LogP contribution is -2.46. The van der Waals surface area contributed by atoms with E-state index in [0.717, 1.165) is 11.1 Å². The maximum atomic E-state index is 12.1. The van der Waals surface area contributed by atoms with Crippen LogP contribution in [0.2, 0.25) is 0 Å². The Balaban J connectivity index is 2.64. The summed E-state index contributed by atoms with van der Waals surface area (Å²) in [6, 6.07) is 4.29. The van der Waals surface area contributed by atoms with Crippen molar-refractivity contribution in [3.63, 3.8) is 0 Å². The van der Waals surface area contributed by atoms with Gasteiger partial charge in [0, 0.05) is 5.56 Å². The van der Waals surface area contributed by atoms with Crippen LogP contribution in [0.5, 0.6) is 0 Å². The molecule has 8 nitrogen and oxygen atoms in total. The van der Waals surface area contributed by atoms with Crippen LogP contribution in [-0.2, 0) is 14.3 Å². The van der Waals surface area contributed by atoms with Crippen LogP contribution >= 0.6 is 0 Å². The molecule has 4 amide bonds. The molecule has 25 heavy (non-hydrogen) atoms. The number of carbonyl (C=O) groups is 4. The van der Waals surface area contributed by atoms with Crippen molar-refractivity contribution in [2.75, 3.05) is 6.54 Å². The van der Waals surface area contributed by atoms with Crippen LogP contribution in [-0.4, -0.2) is 36.5 Å². The van der Waals surface area contributed by atoms with E-state index in [1.54, 1.807) is 26.0 Å². The highest BCUT2D eigenvalue weighted by Crippen LogP contribution is 2.09. The Morgan fingerprint density at radius 2 is 1.64 bits per heavy atom. The van der Waals surface area contributed by atoms with E-state index in [9.17, 15) is 19.2 Å². The summed E-state index contributed by atoms with van der Waals surface area (Å²) in [7, 11) is 0.